The van der Waals surface area contributed by atoms with E-state index in [2.05, 4.69) is 4.52 Å². The van der Waals surface area contributed by atoms with Gasteiger partial charge in [0.2, 0.25) is 5.78 Å². The van der Waals surface area contributed by atoms with Crippen molar-refractivity contribution in [2.24, 2.45) is 0 Å². The van der Waals surface area contributed by atoms with Crippen molar-refractivity contribution in [1.82, 2.24) is 0 Å². The van der Waals surface area contributed by atoms with Gasteiger partial charge in [0, 0.05) is 6.92 Å². The summed E-state index contributed by atoms with van der Waals surface area (Å²) in [6.07, 6.45) is 1.04. The summed E-state index contributed by atoms with van der Waals surface area (Å²) >= 11 is 0. The van der Waals surface area contributed by atoms with Crippen molar-refractivity contribution in [2.75, 3.05) is 0 Å². The van der Waals surface area contributed by atoms with Gasteiger partial charge >= 0.3 is 13.1 Å². The van der Waals surface area contributed by atoms with Crippen LogP contribution in [0.25, 0.3) is 0 Å². The number of Topliss-reactive ketones (excluding diaryl/α,β-unsaturated/α-hetero) is 1. The van der Waals surface area contributed by atoms with Crippen LogP contribution < -0.4 is 0 Å². The van der Waals surface area contributed by atoms with Crippen molar-refractivity contribution in [1.29, 1.82) is 0 Å². The maximum atomic E-state index is 11.0. The van der Waals surface area contributed by atoms with Crippen LogP contribution in [-0.4, -0.2) is 22.3 Å². The molecule has 0 aromatic heterocycles. The van der Waals surface area contributed by atoms with Gasteiger partial charge in [-0.15, -0.1) is 0 Å². The van der Waals surface area contributed by atoms with Gasteiger partial charge in [0.15, 0.2) is 0 Å². The summed E-state index contributed by atoms with van der Waals surface area (Å²) in [6, 6.07) is 0. The molecule has 1 N–H and O–H groups in total. The summed E-state index contributed by atoms with van der Waals surface area (Å²) in [5.41, 5.74) is -1.32. The Balaban J connectivity index is 2.62. The Labute approximate surface area is 69.3 Å². The average molecular weight is 192 g/mol. The second-order valence-electron chi connectivity index (χ2n) is 2.69. The molecular weight excluding hydrogens is 183 g/mol. The highest BCUT2D eigenvalue weighted by molar-refractivity contribution is 7.74. The van der Waals surface area contributed by atoms with Gasteiger partial charge in [-0.1, -0.05) is 0 Å². The monoisotopic (exact) mass is 192 g/mol. The van der Waals surface area contributed by atoms with Gasteiger partial charge in [0.1, 0.15) is 0 Å². The summed E-state index contributed by atoms with van der Waals surface area (Å²) < 4.78 is 15.5. The van der Waals surface area contributed by atoms with Crippen LogP contribution in [0.1, 0.15) is 19.8 Å². The van der Waals surface area contributed by atoms with E-state index >= 15 is 0 Å². The van der Waals surface area contributed by atoms with Crippen LogP contribution in [0.3, 0.4) is 0 Å². The highest BCUT2D eigenvalue weighted by Gasteiger charge is 2.39. The van der Waals surface area contributed by atoms with E-state index in [1.54, 1.807) is 0 Å². The van der Waals surface area contributed by atoms with E-state index in [0.29, 0.717) is 12.8 Å². The fourth-order valence-electron chi connectivity index (χ4n) is 0.622. The summed E-state index contributed by atoms with van der Waals surface area (Å²) in [5.74, 6) is -0.943. The number of ketones is 1. The maximum absolute atomic E-state index is 11.0. The number of hydrogen-bond acceptors (Lipinski definition) is 4. The Morgan fingerprint density at radius 2 is 2.00 bits per heavy atom. The molecule has 1 atom stereocenters. The molecule has 0 aliphatic heterocycles. The first kappa shape index (κ1) is 9.58. The van der Waals surface area contributed by atoms with E-state index in [1.807, 2.05) is 0 Å². The Kier molecular flexibility index (Phi) is 2.46. The van der Waals surface area contributed by atoms with Gasteiger partial charge in [0.25, 0.3) is 0 Å². The van der Waals surface area contributed by atoms with E-state index in [0.717, 1.165) is 6.92 Å². The molecule has 0 aromatic rings. The van der Waals surface area contributed by atoms with Gasteiger partial charge in [-0.2, -0.15) is 0 Å². The molecule has 0 aromatic carbocycles. The summed E-state index contributed by atoms with van der Waals surface area (Å²) in [6.45, 7) is 0.946. The zero-order valence-electron chi connectivity index (χ0n) is 6.52. The van der Waals surface area contributed by atoms with E-state index < -0.39 is 18.9 Å². The highest BCUT2D eigenvalue weighted by Crippen LogP contribution is 2.48. The molecule has 1 unspecified atom stereocenters. The van der Waals surface area contributed by atoms with Crippen LogP contribution in [0.15, 0.2) is 0 Å². The lowest BCUT2D eigenvalue weighted by Crippen LogP contribution is -2.12. The van der Waals surface area contributed by atoms with Crippen molar-refractivity contribution in [3.05, 3.63) is 0 Å². The molecule has 0 amide bonds. The van der Waals surface area contributed by atoms with Gasteiger partial charge in [-0.25, -0.2) is 0 Å². The zero-order valence-corrected chi connectivity index (χ0v) is 7.41. The first-order valence-electron chi connectivity index (χ1n) is 3.50. The summed E-state index contributed by atoms with van der Waals surface area (Å²) in [5, 5.41) is 0. The standard InChI is InChI=1S/C6H9O5P/c1-4(7)6(8)12(9,10)11-5-2-3-5/h5H,2-3H2,1H3,(H,9,10). The maximum Gasteiger partial charge on any atom is 0.402 e. The zero-order chi connectivity index (χ0) is 9.35. The number of carbonyl (C=O) groups is 2. The molecule has 1 rings (SSSR count). The molecule has 0 bridgehead atoms. The van der Waals surface area contributed by atoms with Crippen LogP contribution in [0, 0.1) is 0 Å². The third-order valence-corrected chi connectivity index (χ3v) is 2.79. The van der Waals surface area contributed by atoms with E-state index in [4.69, 9.17) is 4.89 Å². The van der Waals surface area contributed by atoms with Crippen molar-refractivity contribution in [3.63, 3.8) is 0 Å². The molecule has 0 radical (unpaired) electrons. The van der Waals surface area contributed by atoms with Crippen molar-refractivity contribution in [3.8, 4) is 0 Å². The van der Waals surface area contributed by atoms with Crippen LogP contribution in [0.5, 0.6) is 0 Å². The average Bonchev–Trinajstić information content (AvgIpc) is 2.69. The third kappa shape index (κ3) is 2.24. The van der Waals surface area contributed by atoms with Gasteiger partial charge in [-0.05, 0) is 12.8 Å². The van der Waals surface area contributed by atoms with Crippen molar-refractivity contribution < 1.29 is 23.6 Å². The highest BCUT2D eigenvalue weighted by atomic mass is 31.2. The first-order chi connectivity index (χ1) is 5.43. The molecule has 0 saturated heterocycles. The van der Waals surface area contributed by atoms with Crippen LogP contribution in [0.4, 0.5) is 0 Å². The molecular formula is C6H9O5P. The second kappa shape index (κ2) is 3.09. The van der Waals surface area contributed by atoms with Gasteiger partial charge in [-0.3, -0.25) is 18.7 Å². The predicted molar refractivity (Wildman–Crippen MR) is 39.6 cm³/mol. The SMILES string of the molecule is CC(=O)C(=O)P(=O)(O)OC1CC1. The lowest BCUT2D eigenvalue weighted by molar-refractivity contribution is -0.131. The number of rotatable bonds is 4. The van der Waals surface area contributed by atoms with E-state index in [9.17, 15) is 14.2 Å². The van der Waals surface area contributed by atoms with E-state index in [-0.39, 0.29) is 6.10 Å². The quantitative estimate of drug-likeness (QED) is 0.517. The Morgan fingerprint density at radius 1 is 1.50 bits per heavy atom. The fourth-order valence-corrected chi connectivity index (χ4v) is 1.73. The molecule has 1 aliphatic carbocycles. The minimum Gasteiger partial charge on any atom is -0.319 e. The fraction of sp³-hybridized carbons (Fsp3) is 0.667. The van der Waals surface area contributed by atoms with Gasteiger partial charge < -0.3 is 4.89 Å². The third-order valence-electron chi connectivity index (χ3n) is 1.37. The summed E-state index contributed by atoms with van der Waals surface area (Å²) in [4.78, 5) is 30.1. The number of carbonyl (C=O) groups excluding carboxylic acids is 2. The Morgan fingerprint density at radius 3 is 2.33 bits per heavy atom. The lowest BCUT2D eigenvalue weighted by atomic mass is 10.5. The van der Waals surface area contributed by atoms with E-state index in [1.165, 1.54) is 0 Å². The van der Waals surface area contributed by atoms with Gasteiger partial charge in [0.05, 0.1) is 6.10 Å². The molecule has 1 aliphatic rings. The Hall–Kier alpha value is -0.510. The molecule has 1 fully saturated rings. The predicted octanol–water partition coefficient (Wildman–Crippen LogP) is 0.466. The minimum atomic E-state index is -4.32. The van der Waals surface area contributed by atoms with Crippen LogP contribution >= 0.6 is 7.60 Å². The molecule has 68 valence electrons. The second-order valence-corrected chi connectivity index (χ2v) is 4.34. The van der Waals surface area contributed by atoms with Crippen LogP contribution in [-0.2, 0) is 18.7 Å². The largest absolute Gasteiger partial charge is 0.402 e. The molecule has 12 heavy (non-hydrogen) atoms. The smallest absolute Gasteiger partial charge is 0.319 e. The minimum absolute atomic E-state index is 0.316. The molecule has 0 spiro atoms. The van der Waals surface area contributed by atoms with Crippen molar-refractivity contribution in [2.45, 2.75) is 25.9 Å². The topological polar surface area (TPSA) is 80.7 Å². The molecule has 6 heteroatoms. The van der Waals surface area contributed by atoms with Crippen LogP contribution in [0.2, 0.25) is 0 Å². The molecule has 5 nitrogen and oxygen atoms in total. The van der Waals surface area contributed by atoms with Crippen molar-refractivity contribution >= 4 is 18.9 Å². The Bertz CT molecular complexity index is 267. The lowest BCUT2D eigenvalue weighted by Gasteiger charge is -2.06. The molecule has 0 heterocycles. The first-order valence-corrected chi connectivity index (χ1v) is 5.08. The summed E-state index contributed by atoms with van der Waals surface area (Å²) in [7, 11) is -4.32. The normalized spacial score (nSPS) is 21.5. The number of hydrogen-bond donors (Lipinski definition) is 1. The molecule has 1 saturated carbocycles.